The zero-order chi connectivity index (χ0) is 20.6. The second kappa shape index (κ2) is 7.30. The van der Waals surface area contributed by atoms with E-state index in [4.69, 9.17) is 4.42 Å². The van der Waals surface area contributed by atoms with Crippen molar-refractivity contribution in [3.63, 3.8) is 0 Å². The lowest BCUT2D eigenvalue weighted by molar-refractivity contribution is -0.384. The molecule has 0 radical (unpaired) electrons. The number of para-hydroxylation sites is 1. The van der Waals surface area contributed by atoms with Crippen LogP contribution in [0.25, 0.3) is 11.0 Å². The van der Waals surface area contributed by atoms with Crippen molar-refractivity contribution in [1.82, 2.24) is 9.21 Å². The first kappa shape index (κ1) is 19.1. The third-order valence-electron chi connectivity index (χ3n) is 4.85. The van der Waals surface area contributed by atoms with Crippen LogP contribution in [0, 0.1) is 10.1 Å². The molecule has 1 saturated heterocycles. The van der Waals surface area contributed by atoms with Gasteiger partial charge in [0.1, 0.15) is 5.58 Å². The van der Waals surface area contributed by atoms with Crippen molar-refractivity contribution in [3.05, 3.63) is 70.5 Å². The molecule has 3 aromatic rings. The summed E-state index contributed by atoms with van der Waals surface area (Å²) in [5, 5.41) is 11.6. The molecular weight excluding hydrogens is 398 g/mol. The molecular formula is C19H17N3O6S. The van der Waals surface area contributed by atoms with Gasteiger partial charge in [0.2, 0.25) is 10.0 Å². The number of hydrogen-bond donors (Lipinski definition) is 0. The van der Waals surface area contributed by atoms with Crippen molar-refractivity contribution in [2.24, 2.45) is 0 Å². The molecule has 150 valence electrons. The van der Waals surface area contributed by atoms with Gasteiger partial charge in [-0.25, -0.2) is 8.42 Å². The van der Waals surface area contributed by atoms with E-state index in [1.54, 1.807) is 17.0 Å². The number of carbonyl (C=O) groups is 1. The Morgan fingerprint density at radius 2 is 1.66 bits per heavy atom. The third kappa shape index (κ3) is 3.59. The molecule has 9 nitrogen and oxygen atoms in total. The lowest BCUT2D eigenvalue weighted by atomic mass is 10.2. The molecule has 0 aliphatic carbocycles. The van der Waals surface area contributed by atoms with Gasteiger partial charge in [0.25, 0.3) is 11.6 Å². The molecule has 2 aromatic carbocycles. The van der Waals surface area contributed by atoms with Crippen LogP contribution in [0.5, 0.6) is 0 Å². The van der Waals surface area contributed by atoms with Crippen LogP contribution in [-0.2, 0) is 10.0 Å². The van der Waals surface area contributed by atoms with Gasteiger partial charge in [0.05, 0.1) is 9.82 Å². The van der Waals surface area contributed by atoms with Crippen molar-refractivity contribution in [1.29, 1.82) is 0 Å². The van der Waals surface area contributed by atoms with Gasteiger partial charge >= 0.3 is 0 Å². The predicted octanol–water partition coefficient (Wildman–Crippen LogP) is 2.49. The number of nitrogens with zero attached hydrogens (tertiary/aromatic N) is 3. The molecule has 1 aliphatic rings. The van der Waals surface area contributed by atoms with Crippen LogP contribution in [0.1, 0.15) is 10.6 Å². The van der Waals surface area contributed by atoms with Crippen molar-refractivity contribution >= 4 is 32.6 Å². The minimum Gasteiger partial charge on any atom is -0.451 e. The number of nitro groups is 1. The number of amides is 1. The number of benzene rings is 2. The first-order valence-corrected chi connectivity index (χ1v) is 10.3. The highest BCUT2D eigenvalue weighted by atomic mass is 32.2. The van der Waals surface area contributed by atoms with Gasteiger partial charge in [-0.1, -0.05) is 18.2 Å². The van der Waals surface area contributed by atoms with Crippen LogP contribution in [0.3, 0.4) is 0 Å². The average molecular weight is 415 g/mol. The first-order valence-electron chi connectivity index (χ1n) is 8.89. The van der Waals surface area contributed by atoms with Gasteiger partial charge in [-0.15, -0.1) is 0 Å². The molecule has 10 heteroatoms. The summed E-state index contributed by atoms with van der Waals surface area (Å²) in [5.41, 5.74) is 0.445. The maximum atomic E-state index is 12.8. The summed E-state index contributed by atoms with van der Waals surface area (Å²) in [6.45, 7) is 0.709. The molecule has 1 amide bonds. The molecule has 0 bridgehead atoms. The number of non-ortho nitro benzene ring substituents is 1. The van der Waals surface area contributed by atoms with E-state index in [2.05, 4.69) is 0 Å². The predicted molar refractivity (Wildman–Crippen MR) is 104 cm³/mol. The molecule has 4 rings (SSSR count). The number of nitro benzene ring substituents is 1. The number of sulfonamides is 1. The fourth-order valence-electron chi connectivity index (χ4n) is 3.26. The Hall–Kier alpha value is -3.24. The highest BCUT2D eigenvalue weighted by Gasteiger charge is 2.31. The lowest BCUT2D eigenvalue weighted by Crippen LogP contribution is -2.50. The number of furan rings is 1. The molecule has 0 unspecified atom stereocenters. The zero-order valence-electron chi connectivity index (χ0n) is 15.2. The standard InChI is InChI=1S/C19H17N3O6S/c23-19(18-13-14-3-1-2-4-17(14)28-18)20-9-11-21(12-10-20)29(26,27)16-7-5-15(6-8-16)22(24)25/h1-8,13H,9-12H2. The van der Waals surface area contributed by atoms with Gasteiger partial charge in [0.15, 0.2) is 5.76 Å². The second-order valence-corrected chi connectivity index (χ2v) is 8.53. The van der Waals surface area contributed by atoms with Crippen molar-refractivity contribution < 1.29 is 22.6 Å². The maximum Gasteiger partial charge on any atom is 0.289 e. The number of fused-ring (bicyclic) bond motifs is 1. The van der Waals surface area contributed by atoms with Gasteiger partial charge in [-0.3, -0.25) is 14.9 Å². The summed E-state index contributed by atoms with van der Waals surface area (Å²) in [7, 11) is -3.79. The molecule has 0 N–H and O–H groups in total. The smallest absolute Gasteiger partial charge is 0.289 e. The number of piperazine rings is 1. The van der Waals surface area contributed by atoms with E-state index >= 15 is 0 Å². The van der Waals surface area contributed by atoms with Crippen LogP contribution < -0.4 is 0 Å². The van der Waals surface area contributed by atoms with Gasteiger partial charge in [-0.2, -0.15) is 4.31 Å². The first-order chi connectivity index (χ1) is 13.9. The van der Waals surface area contributed by atoms with Crippen molar-refractivity contribution in [2.45, 2.75) is 4.90 Å². The van der Waals surface area contributed by atoms with Crippen molar-refractivity contribution in [3.8, 4) is 0 Å². The monoisotopic (exact) mass is 415 g/mol. The third-order valence-corrected chi connectivity index (χ3v) is 6.76. The lowest BCUT2D eigenvalue weighted by Gasteiger charge is -2.33. The summed E-state index contributed by atoms with van der Waals surface area (Å²) in [5.74, 6) is -0.0635. The van der Waals surface area contributed by atoms with E-state index in [-0.39, 0.29) is 48.4 Å². The van der Waals surface area contributed by atoms with Gasteiger partial charge in [0, 0.05) is 43.7 Å². The number of carbonyl (C=O) groups excluding carboxylic acids is 1. The molecule has 1 fully saturated rings. The van der Waals surface area contributed by atoms with E-state index in [0.717, 1.165) is 17.5 Å². The highest BCUT2D eigenvalue weighted by molar-refractivity contribution is 7.89. The van der Waals surface area contributed by atoms with Gasteiger partial charge < -0.3 is 9.32 Å². The Bertz CT molecular complexity index is 1150. The topological polar surface area (TPSA) is 114 Å². The Balaban J connectivity index is 1.45. The van der Waals surface area contributed by atoms with Crippen LogP contribution in [0.2, 0.25) is 0 Å². The number of rotatable bonds is 4. The van der Waals surface area contributed by atoms with Crippen LogP contribution >= 0.6 is 0 Å². The Labute approximate surface area is 166 Å². The van der Waals surface area contributed by atoms with Crippen molar-refractivity contribution in [2.75, 3.05) is 26.2 Å². The van der Waals surface area contributed by atoms with E-state index in [9.17, 15) is 23.3 Å². The molecule has 0 atom stereocenters. The van der Waals surface area contributed by atoms with E-state index in [1.165, 1.54) is 16.4 Å². The summed E-state index contributed by atoms with van der Waals surface area (Å²) >= 11 is 0. The van der Waals surface area contributed by atoms with Gasteiger partial charge in [-0.05, 0) is 24.3 Å². The quantitative estimate of drug-likeness (QED) is 0.478. The minimum atomic E-state index is -3.79. The molecule has 2 heterocycles. The minimum absolute atomic E-state index is 0.0137. The summed E-state index contributed by atoms with van der Waals surface area (Å²) in [6.07, 6.45) is 0. The molecule has 1 aliphatic heterocycles. The average Bonchev–Trinajstić information content (AvgIpc) is 3.17. The fraction of sp³-hybridized carbons (Fsp3) is 0.211. The highest BCUT2D eigenvalue weighted by Crippen LogP contribution is 2.23. The van der Waals surface area contributed by atoms with Crippen LogP contribution in [-0.4, -0.2) is 54.6 Å². The Kier molecular flexibility index (Phi) is 4.81. The van der Waals surface area contributed by atoms with Crippen LogP contribution in [0.15, 0.2) is 63.9 Å². The molecule has 0 saturated carbocycles. The largest absolute Gasteiger partial charge is 0.451 e. The normalized spacial score (nSPS) is 15.5. The summed E-state index contributed by atoms with van der Waals surface area (Å²) in [6, 6.07) is 13.7. The molecule has 29 heavy (non-hydrogen) atoms. The van der Waals surface area contributed by atoms with E-state index in [0.29, 0.717) is 5.58 Å². The summed E-state index contributed by atoms with van der Waals surface area (Å²) in [4.78, 5) is 24.4. The fourth-order valence-corrected chi connectivity index (χ4v) is 4.69. The maximum absolute atomic E-state index is 12.8. The molecule has 1 aromatic heterocycles. The number of hydrogen-bond acceptors (Lipinski definition) is 6. The SMILES string of the molecule is O=C(c1cc2ccccc2o1)N1CCN(S(=O)(=O)c2ccc([N+](=O)[O-])cc2)CC1. The van der Waals surface area contributed by atoms with Crippen LogP contribution in [0.4, 0.5) is 5.69 Å². The Morgan fingerprint density at radius 3 is 2.28 bits per heavy atom. The van der Waals surface area contributed by atoms with E-state index in [1.807, 2.05) is 18.2 Å². The molecule has 0 spiro atoms. The summed E-state index contributed by atoms with van der Waals surface area (Å²) < 4.78 is 32.4. The zero-order valence-corrected chi connectivity index (χ0v) is 16.0. The van der Waals surface area contributed by atoms with E-state index < -0.39 is 14.9 Å². The Morgan fingerprint density at radius 1 is 1.00 bits per heavy atom. The second-order valence-electron chi connectivity index (χ2n) is 6.60.